The number of aliphatic hydroxyl groups excluding tert-OH is 3. The number of aliphatic hydroxyl groups is 4. The summed E-state index contributed by atoms with van der Waals surface area (Å²) in [5, 5.41) is 41.9. The minimum Gasteiger partial charge on any atom is -0.449 e. The van der Waals surface area contributed by atoms with Gasteiger partial charge >= 0.3 is 6.09 Å². The van der Waals surface area contributed by atoms with Crippen LogP contribution in [0.4, 0.5) is 4.79 Å². The molecule has 1 amide bonds. The first-order valence-electron chi connectivity index (χ1n) is 10.5. The molecule has 1 aliphatic carbocycles. The number of amides is 1. The SMILES string of the molecule is N[C@@H]1[C@@H](O)[C@H](O)[C@@H](CO)OC1(O)C(=O)CNC(=O)OCC1c2ccccc2-c2ccccc21. The van der Waals surface area contributed by atoms with E-state index in [0.29, 0.717) is 0 Å². The highest BCUT2D eigenvalue weighted by molar-refractivity contribution is 5.90. The molecule has 1 fully saturated rings. The molecule has 33 heavy (non-hydrogen) atoms. The van der Waals surface area contributed by atoms with Crippen molar-refractivity contribution in [3.05, 3.63) is 59.7 Å². The fourth-order valence-electron chi connectivity index (χ4n) is 4.37. The van der Waals surface area contributed by atoms with Crippen LogP contribution in [-0.2, 0) is 14.3 Å². The Hall–Kier alpha value is -2.86. The molecule has 10 heteroatoms. The van der Waals surface area contributed by atoms with Crippen LogP contribution in [-0.4, -0.2) is 82.2 Å². The lowest BCUT2D eigenvalue weighted by Gasteiger charge is -2.45. The molecule has 2 aliphatic rings. The van der Waals surface area contributed by atoms with Crippen LogP contribution in [0.3, 0.4) is 0 Å². The van der Waals surface area contributed by atoms with Gasteiger partial charge in [0.25, 0.3) is 0 Å². The number of ketones is 1. The summed E-state index contributed by atoms with van der Waals surface area (Å²) in [6, 6.07) is 14.0. The van der Waals surface area contributed by atoms with Gasteiger partial charge in [0.05, 0.1) is 19.2 Å². The molecule has 10 nitrogen and oxygen atoms in total. The van der Waals surface area contributed by atoms with Gasteiger partial charge in [0.2, 0.25) is 11.6 Å². The van der Waals surface area contributed by atoms with Crippen molar-refractivity contribution in [2.24, 2.45) is 5.73 Å². The number of rotatable bonds is 6. The molecular formula is C23H26N2O8. The van der Waals surface area contributed by atoms with E-state index in [1.807, 2.05) is 48.5 Å². The van der Waals surface area contributed by atoms with E-state index in [9.17, 15) is 30.0 Å². The molecule has 0 bridgehead atoms. The van der Waals surface area contributed by atoms with E-state index in [2.05, 4.69) is 5.32 Å². The molecule has 0 saturated carbocycles. The van der Waals surface area contributed by atoms with Crippen molar-refractivity contribution in [2.45, 2.75) is 36.1 Å². The highest BCUT2D eigenvalue weighted by Gasteiger charge is 2.55. The first kappa shape index (κ1) is 23.3. The Bertz CT molecular complexity index is 999. The number of ether oxygens (including phenoxy) is 2. The van der Waals surface area contributed by atoms with E-state index in [-0.39, 0.29) is 12.5 Å². The fourth-order valence-corrected chi connectivity index (χ4v) is 4.37. The second-order valence-electron chi connectivity index (χ2n) is 8.14. The molecule has 5 atom stereocenters. The average molecular weight is 458 g/mol. The zero-order valence-electron chi connectivity index (χ0n) is 17.6. The number of Topliss-reactive ketones (excluding diaryl/α,β-unsaturated/α-hetero) is 1. The third kappa shape index (κ3) is 4.12. The van der Waals surface area contributed by atoms with Crippen LogP contribution in [0.2, 0.25) is 0 Å². The molecule has 1 aliphatic heterocycles. The zero-order chi connectivity index (χ0) is 23.8. The van der Waals surface area contributed by atoms with Crippen molar-refractivity contribution in [1.82, 2.24) is 5.32 Å². The molecular weight excluding hydrogens is 432 g/mol. The van der Waals surface area contributed by atoms with Crippen molar-refractivity contribution < 1.29 is 39.5 Å². The van der Waals surface area contributed by atoms with Gasteiger partial charge < -0.3 is 41.0 Å². The number of hydrogen-bond donors (Lipinski definition) is 6. The van der Waals surface area contributed by atoms with E-state index in [0.717, 1.165) is 22.3 Å². The predicted octanol–water partition coefficient (Wildman–Crippen LogP) is -0.777. The lowest BCUT2D eigenvalue weighted by molar-refractivity contribution is -0.297. The summed E-state index contributed by atoms with van der Waals surface area (Å²) in [7, 11) is 0. The van der Waals surface area contributed by atoms with Gasteiger partial charge in [-0.3, -0.25) is 4.79 Å². The summed E-state index contributed by atoms with van der Waals surface area (Å²) in [6.07, 6.45) is -5.63. The first-order valence-corrected chi connectivity index (χ1v) is 10.5. The zero-order valence-corrected chi connectivity index (χ0v) is 17.6. The largest absolute Gasteiger partial charge is 0.449 e. The lowest BCUT2D eigenvalue weighted by atomic mass is 9.88. The van der Waals surface area contributed by atoms with Crippen LogP contribution in [0.5, 0.6) is 0 Å². The number of hydrogen-bond acceptors (Lipinski definition) is 9. The third-order valence-corrected chi connectivity index (χ3v) is 6.20. The molecule has 2 aromatic rings. The number of carbonyl (C=O) groups excluding carboxylic acids is 2. The molecule has 176 valence electrons. The summed E-state index contributed by atoms with van der Waals surface area (Å²) < 4.78 is 10.4. The quantitative estimate of drug-likeness (QED) is 0.325. The van der Waals surface area contributed by atoms with Crippen LogP contribution in [0.15, 0.2) is 48.5 Å². The van der Waals surface area contributed by atoms with Crippen LogP contribution >= 0.6 is 0 Å². The summed E-state index contributed by atoms with van der Waals surface area (Å²) in [4.78, 5) is 24.8. The second-order valence-corrected chi connectivity index (χ2v) is 8.14. The van der Waals surface area contributed by atoms with Gasteiger partial charge in [0, 0.05) is 5.92 Å². The van der Waals surface area contributed by atoms with Crippen LogP contribution < -0.4 is 11.1 Å². The summed E-state index contributed by atoms with van der Waals surface area (Å²) in [6.45, 7) is -1.44. The Labute approximate surface area is 189 Å². The summed E-state index contributed by atoms with van der Waals surface area (Å²) in [5.74, 6) is -3.93. The van der Waals surface area contributed by atoms with Crippen molar-refractivity contribution in [2.75, 3.05) is 19.8 Å². The fraction of sp³-hybridized carbons (Fsp3) is 0.391. The lowest BCUT2D eigenvalue weighted by Crippen LogP contribution is -2.72. The van der Waals surface area contributed by atoms with Gasteiger partial charge in [-0.05, 0) is 22.3 Å². The molecule has 2 aromatic carbocycles. The second kappa shape index (κ2) is 9.18. The van der Waals surface area contributed by atoms with Crippen LogP contribution in [0.25, 0.3) is 11.1 Å². The molecule has 4 rings (SSSR count). The number of benzene rings is 2. The van der Waals surface area contributed by atoms with Crippen LogP contribution in [0, 0.1) is 0 Å². The maximum Gasteiger partial charge on any atom is 0.407 e. The van der Waals surface area contributed by atoms with Crippen molar-refractivity contribution in [3.8, 4) is 11.1 Å². The minimum atomic E-state index is -2.71. The molecule has 1 unspecified atom stereocenters. The van der Waals surface area contributed by atoms with E-state index in [4.69, 9.17) is 15.2 Å². The Morgan fingerprint density at radius 2 is 1.61 bits per heavy atom. The standard InChI is InChI=1S/C23H26N2O8/c24-21-20(29)19(28)17(10-26)33-23(21,31)18(27)9-25-22(30)32-11-16-14-7-3-1-5-12(14)13-6-2-4-8-15(13)16/h1-8,16-17,19-21,26,28-29,31H,9-11,24H2,(H,25,30)/t17-,19-,20+,21-,23?/m1/s1. The van der Waals surface area contributed by atoms with E-state index >= 15 is 0 Å². The maximum atomic E-state index is 12.5. The van der Waals surface area contributed by atoms with E-state index in [1.54, 1.807) is 0 Å². The maximum absolute atomic E-state index is 12.5. The number of fused-ring (bicyclic) bond motifs is 3. The third-order valence-electron chi connectivity index (χ3n) is 6.20. The molecule has 0 aromatic heterocycles. The van der Waals surface area contributed by atoms with Crippen molar-refractivity contribution in [3.63, 3.8) is 0 Å². The first-order chi connectivity index (χ1) is 15.8. The Morgan fingerprint density at radius 1 is 1.03 bits per heavy atom. The molecule has 0 spiro atoms. The van der Waals surface area contributed by atoms with Gasteiger partial charge in [-0.1, -0.05) is 48.5 Å². The number of nitrogens with one attached hydrogen (secondary N) is 1. The topological polar surface area (TPSA) is 172 Å². The highest BCUT2D eigenvalue weighted by Crippen LogP contribution is 2.44. The average Bonchev–Trinajstić information content (AvgIpc) is 3.15. The molecule has 7 N–H and O–H groups in total. The Morgan fingerprint density at radius 3 is 2.18 bits per heavy atom. The monoisotopic (exact) mass is 458 g/mol. The highest BCUT2D eigenvalue weighted by atomic mass is 16.7. The number of carbonyl (C=O) groups is 2. The summed E-state index contributed by atoms with van der Waals surface area (Å²) in [5.41, 5.74) is 9.87. The van der Waals surface area contributed by atoms with Gasteiger partial charge in [-0.2, -0.15) is 0 Å². The van der Waals surface area contributed by atoms with Gasteiger partial charge in [-0.15, -0.1) is 0 Å². The van der Waals surface area contributed by atoms with Crippen molar-refractivity contribution >= 4 is 11.9 Å². The Kier molecular flexibility index (Phi) is 6.48. The van der Waals surface area contributed by atoms with Crippen LogP contribution in [0.1, 0.15) is 17.0 Å². The molecule has 0 radical (unpaired) electrons. The number of alkyl carbamates (subject to hydrolysis) is 1. The van der Waals surface area contributed by atoms with Gasteiger partial charge in [0.1, 0.15) is 24.9 Å². The van der Waals surface area contributed by atoms with Gasteiger partial charge in [0.15, 0.2) is 0 Å². The summed E-state index contributed by atoms with van der Waals surface area (Å²) >= 11 is 0. The minimum absolute atomic E-state index is 0.0336. The Balaban J connectivity index is 1.37. The van der Waals surface area contributed by atoms with Gasteiger partial charge in [-0.25, -0.2) is 4.79 Å². The molecule has 1 saturated heterocycles. The number of nitrogens with two attached hydrogens (primary N) is 1. The smallest absolute Gasteiger partial charge is 0.407 e. The van der Waals surface area contributed by atoms with E-state index in [1.165, 1.54) is 0 Å². The normalized spacial score (nSPS) is 28.6. The van der Waals surface area contributed by atoms with E-state index < -0.39 is 55.2 Å². The molecule has 1 heterocycles. The predicted molar refractivity (Wildman–Crippen MR) is 115 cm³/mol. The van der Waals surface area contributed by atoms with Crippen molar-refractivity contribution in [1.29, 1.82) is 0 Å².